The minimum Gasteiger partial charge on any atom is -0.465 e. The van der Waals surface area contributed by atoms with Crippen molar-refractivity contribution in [1.82, 2.24) is 9.71 Å². The number of aromatic nitrogens is 1. The Morgan fingerprint density at radius 2 is 2.14 bits per heavy atom. The highest BCUT2D eigenvalue weighted by molar-refractivity contribution is 7.89. The normalized spacial score (nSPS) is 12.5. The number of carbonyl (C=O) groups excluding carboxylic acids is 1. The second-order valence-corrected chi connectivity index (χ2v) is 8.12. The number of ether oxygens (including phenoxy) is 1. The molecule has 4 N–H and O–H groups in total. The SMILES string of the molecule is CCCCOC(=O)[C@H](C)NS(=O)(=O)c1ccc2c(N(Cl)C(=N)N)cncc2c1. The number of guanidine groups is 1. The van der Waals surface area contributed by atoms with Crippen LogP contribution in [0.2, 0.25) is 0 Å². The van der Waals surface area contributed by atoms with Gasteiger partial charge in [0.15, 0.2) is 0 Å². The van der Waals surface area contributed by atoms with Gasteiger partial charge in [0.2, 0.25) is 16.0 Å². The molecule has 28 heavy (non-hydrogen) atoms. The van der Waals surface area contributed by atoms with E-state index in [-0.39, 0.29) is 11.5 Å². The molecule has 0 amide bonds. The Morgan fingerprint density at radius 1 is 1.43 bits per heavy atom. The number of esters is 1. The molecule has 0 fully saturated rings. The summed E-state index contributed by atoms with van der Waals surface area (Å²) in [7, 11) is -3.97. The van der Waals surface area contributed by atoms with Gasteiger partial charge in [-0.3, -0.25) is 15.2 Å². The molecule has 9 nitrogen and oxygen atoms in total. The topological polar surface area (TPSA) is 138 Å². The van der Waals surface area contributed by atoms with Gasteiger partial charge >= 0.3 is 5.97 Å². The molecule has 0 aliphatic heterocycles. The van der Waals surface area contributed by atoms with E-state index >= 15 is 0 Å². The van der Waals surface area contributed by atoms with Gasteiger partial charge in [-0.25, -0.2) is 12.8 Å². The monoisotopic (exact) mass is 427 g/mol. The van der Waals surface area contributed by atoms with Crippen LogP contribution in [0.25, 0.3) is 10.8 Å². The van der Waals surface area contributed by atoms with Crippen LogP contribution < -0.4 is 14.9 Å². The Bertz CT molecular complexity index is 983. The molecule has 1 atom stereocenters. The average Bonchev–Trinajstić information content (AvgIpc) is 2.66. The molecule has 152 valence electrons. The summed E-state index contributed by atoms with van der Waals surface area (Å²) in [6, 6.07) is 3.27. The third kappa shape index (κ3) is 5.09. The Hall–Kier alpha value is -2.43. The van der Waals surface area contributed by atoms with Gasteiger partial charge in [0, 0.05) is 28.7 Å². The number of benzene rings is 1. The number of anilines is 1. The Balaban J connectivity index is 2.26. The molecule has 0 aliphatic carbocycles. The van der Waals surface area contributed by atoms with Crippen LogP contribution in [0.4, 0.5) is 5.69 Å². The van der Waals surface area contributed by atoms with Crippen LogP contribution in [0.5, 0.6) is 0 Å². The third-order valence-corrected chi connectivity index (χ3v) is 5.77. The molecule has 2 aromatic rings. The maximum absolute atomic E-state index is 12.6. The summed E-state index contributed by atoms with van der Waals surface area (Å²) < 4.78 is 33.5. The molecule has 1 heterocycles. The second kappa shape index (κ2) is 9.18. The van der Waals surface area contributed by atoms with E-state index in [1.807, 2.05) is 6.92 Å². The van der Waals surface area contributed by atoms with Crippen LogP contribution in [0.15, 0.2) is 35.5 Å². The summed E-state index contributed by atoms with van der Waals surface area (Å²) in [5.41, 5.74) is 5.73. The molecular formula is C17H22ClN5O4S. The average molecular weight is 428 g/mol. The van der Waals surface area contributed by atoms with Crippen molar-refractivity contribution in [3.8, 4) is 0 Å². The molecule has 0 spiro atoms. The summed E-state index contributed by atoms with van der Waals surface area (Å²) in [5.74, 6) is -1.04. The van der Waals surface area contributed by atoms with Gasteiger partial charge in [0.05, 0.1) is 23.4 Å². The highest BCUT2D eigenvalue weighted by Gasteiger charge is 2.23. The van der Waals surface area contributed by atoms with Crippen LogP contribution in [0, 0.1) is 5.41 Å². The third-order valence-electron chi connectivity index (χ3n) is 3.87. The molecule has 0 radical (unpaired) electrons. The molecule has 0 aliphatic rings. The minimum atomic E-state index is -3.97. The van der Waals surface area contributed by atoms with Crippen LogP contribution >= 0.6 is 11.8 Å². The number of fused-ring (bicyclic) bond motifs is 1. The Morgan fingerprint density at radius 3 is 2.79 bits per heavy atom. The second-order valence-electron chi connectivity index (χ2n) is 6.07. The molecule has 11 heteroatoms. The van der Waals surface area contributed by atoms with Crippen molar-refractivity contribution < 1.29 is 17.9 Å². The number of nitrogens with zero attached hydrogens (tertiary/aromatic N) is 2. The van der Waals surface area contributed by atoms with Crippen molar-refractivity contribution in [1.29, 1.82) is 5.41 Å². The van der Waals surface area contributed by atoms with Crippen LogP contribution in [0.1, 0.15) is 26.7 Å². The minimum absolute atomic E-state index is 0.0453. The number of hydrogen-bond acceptors (Lipinski definition) is 6. The molecule has 2 rings (SSSR count). The van der Waals surface area contributed by atoms with Gasteiger partial charge in [-0.2, -0.15) is 4.72 Å². The van der Waals surface area contributed by atoms with Crippen molar-refractivity contribution in [3.63, 3.8) is 0 Å². The van der Waals surface area contributed by atoms with Crippen LogP contribution in [0.3, 0.4) is 0 Å². The number of carbonyl (C=O) groups is 1. The van der Waals surface area contributed by atoms with Gasteiger partial charge in [-0.15, -0.1) is 0 Å². The van der Waals surface area contributed by atoms with Crippen molar-refractivity contribution in [2.75, 3.05) is 11.0 Å². The molecular weight excluding hydrogens is 406 g/mol. The zero-order chi connectivity index (χ0) is 20.9. The lowest BCUT2D eigenvalue weighted by Gasteiger charge is -2.16. The maximum Gasteiger partial charge on any atom is 0.323 e. The van der Waals surface area contributed by atoms with Crippen molar-refractivity contribution >= 4 is 50.2 Å². The zero-order valence-electron chi connectivity index (χ0n) is 15.5. The highest BCUT2D eigenvalue weighted by Crippen LogP contribution is 2.28. The lowest BCUT2D eigenvalue weighted by atomic mass is 10.1. The standard InChI is InChI=1S/C17H22ClN5O4S/c1-3-4-7-27-16(24)11(2)22-28(25,26)13-5-6-14-12(8-13)9-21-10-15(14)23(18)17(19)20/h5-6,8-11,22H,3-4,7H2,1-2H3,(H3,19,20)/t11-/m0/s1. The number of sulfonamides is 1. The van der Waals surface area contributed by atoms with Gasteiger partial charge < -0.3 is 10.5 Å². The predicted molar refractivity (Wildman–Crippen MR) is 108 cm³/mol. The van der Waals surface area contributed by atoms with Crippen molar-refractivity contribution in [3.05, 3.63) is 30.6 Å². The Labute approximate surface area is 168 Å². The van der Waals surface area contributed by atoms with E-state index < -0.39 is 28.0 Å². The fraction of sp³-hybridized carbons (Fsp3) is 0.353. The molecule has 0 bridgehead atoms. The smallest absolute Gasteiger partial charge is 0.323 e. The first-order chi connectivity index (χ1) is 13.2. The van der Waals surface area contributed by atoms with E-state index in [1.54, 1.807) is 0 Å². The quantitative estimate of drug-likeness (QED) is 0.193. The highest BCUT2D eigenvalue weighted by atomic mass is 35.5. The maximum atomic E-state index is 12.6. The van der Waals surface area contributed by atoms with Gasteiger partial charge in [-0.05, 0) is 25.5 Å². The summed E-state index contributed by atoms with van der Waals surface area (Å²) >= 11 is 5.97. The summed E-state index contributed by atoms with van der Waals surface area (Å²) in [6.07, 6.45) is 4.45. The lowest BCUT2D eigenvalue weighted by Crippen LogP contribution is -2.39. The first-order valence-electron chi connectivity index (χ1n) is 8.54. The van der Waals surface area contributed by atoms with Crippen LogP contribution in [-0.4, -0.2) is 38.0 Å². The van der Waals surface area contributed by atoms with Gasteiger partial charge in [0.25, 0.3) is 0 Å². The van der Waals surface area contributed by atoms with Gasteiger partial charge in [-0.1, -0.05) is 19.4 Å². The summed E-state index contributed by atoms with van der Waals surface area (Å²) in [4.78, 5) is 15.9. The van der Waals surface area contributed by atoms with E-state index in [1.165, 1.54) is 37.5 Å². The number of unbranched alkanes of at least 4 members (excludes halogenated alkanes) is 1. The number of hydrogen-bond donors (Lipinski definition) is 3. The summed E-state index contributed by atoms with van der Waals surface area (Å²) in [6.45, 7) is 3.63. The van der Waals surface area contributed by atoms with Crippen molar-refractivity contribution in [2.45, 2.75) is 37.6 Å². The lowest BCUT2D eigenvalue weighted by molar-refractivity contribution is -0.145. The number of rotatable bonds is 8. The Kier molecular flexibility index (Phi) is 7.17. The van der Waals surface area contributed by atoms with E-state index in [0.717, 1.165) is 10.8 Å². The van der Waals surface area contributed by atoms with Gasteiger partial charge in [0.1, 0.15) is 6.04 Å². The van der Waals surface area contributed by atoms with E-state index in [9.17, 15) is 13.2 Å². The fourth-order valence-electron chi connectivity index (χ4n) is 2.38. The van der Waals surface area contributed by atoms with E-state index in [2.05, 4.69) is 9.71 Å². The zero-order valence-corrected chi connectivity index (χ0v) is 17.0. The van der Waals surface area contributed by atoms with E-state index in [4.69, 9.17) is 27.7 Å². The number of nitrogens with two attached hydrogens (primary N) is 1. The molecule has 1 aromatic carbocycles. The van der Waals surface area contributed by atoms with Crippen molar-refractivity contribution in [2.24, 2.45) is 5.73 Å². The predicted octanol–water partition coefficient (Wildman–Crippen LogP) is 2.10. The molecule has 1 aromatic heterocycles. The number of halogens is 1. The molecule has 0 saturated heterocycles. The number of pyridine rings is 1. The largest absolute Gasteiger partial charge is 0.465 e. The first kappa shape index (κ1) is 21.9. The van der Waals surface area contributed by atoms with Crippen LogP contribution in [-0.2, 0) is 19.6 Å². The molecule has 0 saturated carbocycles. The number of nitrogens with one attached hydrogen (secondary N) is 2. The molecule has 0 unspecified atom stereocenters. The fourth-order valence-corrected chi connectivity index (χ4v) is 3.74. The summed E-state index contributed by atoms with van der Waals surface area (Å²) in [5, 5.41) is 8.46. The van der Waals surface area contributed by atoms with E-state index in [0.29, 0.717) is 22.9 Å². The first-order valence-corrected chi connectivity index (χ1v) is 10.4.